The van der Waals surface area contributed by atoms with Crippen molar-refractivity contribution in [2.75, 3.05) is 5.73 Å². The van der Waals surface area contributed by atoms with Gasteiger partial charge in [-0.2, -0.15) is 0 Å². The van der Waals surface area contributed by atoms with E-state index in [0.717, 1.165) is 15.9 Å². The molecule has 0 amide bonds. The number of aromatic nitrogens is 3. The molecule has 5 nitrogen and oxygen atoms in total. The molecule has 0 aromatic carbocycles. The van der Waals surface area contributed by atoms with Gasteiger partial charge in [-0.1, -0.05) is 6.07 Å². The van der Waals surface area contributed by atoms with Gasteiger partial charge in [0, 0.05) is 11.8 Å². The van der Waals surface area contributed by atoms with Crippen molar-refractivity contribution in [1.82, 2.24) is 14.5 Å². The average molecular weight is 272 g/mol. The quantitative estimate of drug-likeness (QED) is 0.772. The van der Waals surface area contributed by atoms with Gasteiger partial charge in [0.2, 0.25) is 0 Å². The number of nitrogens with two attached hydrogens (primary N) is 1. The van der Waals surface area contributed by atoms with Crippen LogP contribution in [-0.2, 0) is 6.54 Å². The van der Waals surface area contributed by atoms with Crippen molar-refractivity contribution in [3.8, 4) is 0 Å². The highest BCUT2D eigenvalue weighted by atomic mass is 32.1. The zero-order chi connectivity index (χ0) is 13.4. The molecule has 0 spiro atoms. The number of thiophene rings is 1. The Labute approximate surface area is 113 Å². The van der Waals surface area contributed by atoms with Crippen molar-refractivity contribution in [1.29, 1.82) is 0 Å². The molecule has 3 aromatic heterocycles. The maximum absolute atomic E-state index is 11.8. The third-order valence-electron chi connectivity index (χ3n) is 2.97. The Kier molecular flexibility index (Phi) is 2.79. The molecule has 3 heterocycles. The fraction of sp³-hybridized carbons (Fsp3) is 0.154. The van der Waals surface area contributed by atoms with E-state index >= 15 is 0 Å². The Balaban J connectivity index is 2.08. The third-order valence-corrected chi connectivity index (χ3v) is 3.78. The minimum absolute atomic E-state index is 0.0616. The number of nitrogen functional groups attached to an aromatic ring is 1. The molecule has 0 unspecified atom stereocenters. The van der Waals surface area contributed by atoms with Crippen molar-refractivity contribution in [3.05, 3.63) is 51.5 Å². The zero-order valence-electron chi connectivity index (χ0n) is 10.3. The summed E-state index contributed by atoms with van der Waals surface area (Å²) in [6.45, 7) is 2.22. The first kappa shape index (κ1) is 11.9. The monoisotopic (exact) mass is 272 g/mol. The van der Waals surface area contributed by atoms with Gasteiger partial charge in [0.15, 0.2) is 5.82 Å². The summed E-state index contributed by atoms with van der Waals surface area (Å²) in [6, 6.07) is 7.05. The molecule has 0 radical (unpaired) electrons. The first-order valence-corrected chi connectivity index (χ1v) is 6.69. The Morgan fingerprint density at radius 3 is 2.95 bits per heavy atom. The predicted octanol–water partition coefficient (Wildman–Crippen LogP) is 1.79. The van der Waals surface area contributed by atoms with Crippen molar-refractivity contribution in [3.63, 3.8) is 0 Å². The maximum Gasteiger partial charge on any atom is 0.251 e. The van der Waals surface area contributed by atoms with Gasteiger partial charge in [-0.05, 0) is 24.4 Å². The smallest absolute Gasteiger partial charge is 0.251 e. The van der Waals surface area contributed by atoms with Crippen LogP contribution < -0.4 is 11.3 Å². The fourth-order valence-corrected chi connectivity index (χ4v) is 2.75. The number of nitrogens with zero attached hydrogens (tertiary/aromatic N) is 3. The Hall–Kier alpha value is -2.21. The average Bonchev–Trinajstić information content (AvgIpc) is 2.83. The van der Waals surface area contributed by atoms with Gasteiger partial charge in [-0.3, -0.25) is 4.79 Å². The first-order chi connectivity index (χ1) is 9.15. The lowest BCUT2D eigenvalue weighted by Crippen LogP contribution is -2.22. The van der Waals surface area contributed by atoms with Crippen LogP contribution in [0.15, 0.2) is 34.4 Å². The van der Waals surface area contributed by atoms with Crippen molar-refractivity contribution >= 4 is 27.4 Å². The Morgan fingerprint density at radius 1 is 1.32 bits per heavy atom. The highest BCUT2D eigenvalue weighted by Crippen LogP contribution is 2.22. The van der Waals surface area contributed by atoms with Gasteiger partial charge in [0.1, 0.15) is 10.6 Å². The molecule has 6 heteroatoms. The molecule has 0 bridgehead atoms. The van der Waals surface area contributed by atoms with Gasteiger partial charge in [-0.25, -0.2) is 9.97 Å². The predicted molar refractivity (Wildman–Crippen MR) is 76.4 cm³/mol. The fourth-order valence-electron chi connectivity index (χ4n) is 1.96. The minimum atomic E-state index is -0.0616. The highest BCUT2D eigenvalue weighted by molar-refractivity contribution is 7.16. The summed E-state index contributed by atoms with van der Waals surface area (Å²) in [4.78, 5) is 21.4. The SMILES string of the molecule is Cc1cccc(=O)n1Cc1nc(N)c2ccsc2n1. The standard InChI is InChI=1S/C13H12N4OS/c1-8-3-2-4-11(18)17(8)7-10-15-12(14)9-5-6-19-13(9)16-10/h2-6H,7H2,1H3,(H2,14,15,16). The van der Waals surface area contributed by atoms with Gasteiger partial charge in [-0.15, -0.1) is 11.3 Å². The molecule has 0 fully saturated rings. The van der Waals surface area contributed by atoms with E-state index in [1.807, 2.05) is 24.4 Å². The number of pyridine rings is 1. The molecule has 0 aliphatic rings. The molecule has 3 aromatic rings. The van der Waals surface area contributed by atoms with Crippen LogP contribution in [0.25, 0.3) is 10.2 Å². The maximum atomic E-state index is 11.8. The molecule has 0 aliphatic heterocycles. The summed E-state index contributed by atoms with van der Waals surface area (Å²) in [5, 5.41) is 2.80. The molecule has 0 aliphatic carbocycles. The van der Waals surface area contributed by atoms with Crippen LogP contribution in [0.5, 0.6) is 0 Å². The van der Waals surface area contributed by atoms with E-state index in [-0.39, 0.29) is 5.56 Å². The molecule has 96 valence electrons. The summed E-state index contributed by atoms with van der Waals surface area (Å²) in [7, 11) is 0. The molecule has 19 heavy (non-hydrogen) atoms. The number of rotatable bonds is 2. The lowest BCUT2D eigenvalue weighted by atomic mass is 10.3. The van der Waals surface area contributed by atoms with Crippen molar-refractivity contribution < 1.29 is 0 Å². The first-order valence-electron chi connectivity index (χ1n) is 5.81. The van der Waals surface area contributed by atoms with E-state index in [2.05, 4.69) is 9.97 Å². The van der Waals surface area contributed by atoms with Crippen LogP contribution in [0.1, 0.15) is 11.5 Å². The second kappa shape index (κ2) is 4.47. The molecule has 2 N–H and O–H groups in total. The van der Waals surface area contributed by atoms with Crippen LogP contribution in [0.3, 0.4) is 0 Å². The molecular formula is C13H12N4OS. The van der Waals surface area contributed by atoms with Crippen molar-refractivity contribution in [2.45, 2.75) is 13.5 Å². The van der Waals surface area contributed by atoms with Gasteiger partial charge >= 0.3 is 0 Å². The molecule has 3 rings (SSSR count). The van der Waals surface area contributed by atoms with Crippen molar-refractivity contribution in [2.24, 2.45) is 0 Å². The number of aryl methyl sites for hydroxylation is 1. The molecule has 0 saturated heterocycles. The summed E-state index contributed by atoms with van der Waals surface area (Å²) < 4.78 is 1.63. The molecular weight excluding hydrogens is 260 g/mol. The van der Waals surface area contributed by atoms with Crippen LogP contribution in [0.2, 0.25) is 0 Å². The van der Waals surface area contributed by atoms with Crippen LogP contribution >= 0.6 is 11.3 Å². The van der Waals surface area contributed by atoms with Gasteiger partial charge < -0.3 is 10.3 Å². The third kappa shape index (κ3) is 2.10. The van der Waals surface area contributed by atoms with Gasteiger partial charge in [0.05, 0.1) is 11.9 Å². The Bertz CT molecular complexity index is 806. The van der Waals surface area contributed by atoms with Gasteiger partial charge in [0.25, 0.3) is 5.56 Å². The highest BCUT2D eigenvalue weighted by Gasteiger charge is 2.08. The summed E-state index contributed by atoms with van der Waals surface area (Å²) in [5.41, 5.74) is 6.71. The van der Waals surface area contributed by atoms with E-state index in [0.29, 0.717) is 18.2 Å². The molecule has 0 saturated carbocycles. The second-order valence-corrected chi connectivity index (χ2v) is 5.15. The zero-order valence-corrected chi connectivity index (χ0v) is 11.1. The number of anilines is 1. The minimum Gasteiger partial charge on any atom is -0.383 e. The second-order valence-electron chi connectivity index (χ2n) is 4.26. The number of hydrogen-bond donors (Lipinski definition) is 1. The lowest BCUT2D eigenvalue weighted by molar-refractivity contribution is 0.697. The summed E-state index contributed by atoms with van der Waals surface area (Å²) in [5.74, 6) is 1.02. The lowest BCUT2D eigenvalue weighted by Gasteiger charge is -2.08. The summed E-state index contributed by atoms with van der Waals surface area (Å²) >= 11 is 1.52. The normalized spacial score (nSPS) is 11.0. The van der Waals surface area contributed by atoms with Crippen LogP contribution in [0.4, 0.5) is 5.82 Å². The number of fused-ring (bicyclic) bond motifs is 1. The van der Waals surface area contributed by atoms with E-state index < -0.39 is 0 Å². The van der Waals surface area contributed by atoms with E-state index in [9.17, 15) is 4.79 Å². The molecule has 0 atom stereocenters. The van der Waals surface area contributed by atoms with Crippen LogP contribution in [0, 0.1) is 6.92 Å². The largest absolute Gasteiger partial charge is 0.383 e. The van der Waals surface area contributed by atoms with E-state index in [1.54, 1.807) is 10.6 Å². The van der Waals surface area contributed by atoms with E-state index in [1.165, 1.54) is 17.4 Å². The topological polar surface area (TPSA) is 73.8 Å². The summed E-state index contributed by atoms with van der Waals surface area (Å²) in [6.07, 6.45) is 0. The van der Waals surface area contributed by atoms with E-state index in [4.69, 9.17) is 5.73 Å². The number of hydrogen-bond acceptors (Lipinski definition) is 5. The van der Waals surface area contributed by atoms with Crippen LogP contribution in [-0.4, -0.2) is 14.5 Å². The Morgan fingerprint density at radius 2 is 2.16 bits per heavy atom.